The number of amides is 1. The van der Waals surface area contributed by atoms with Crippen molar-refractivity contribution in [2.45, 2.75) is 24.0 Å². The summed E-state index contributed by atoms with van der Waals surface area (Å²) in [6.45, 7) is 3.66. The minimum atomic E-state index is -0.237. The molecule has 3 nitrogen and oxygen atoms in total. The average molecular weight is 283 g/mol. The van der Waals surface area contributed by atoms with Crippen LogP contribution in [0.1, 0.15) is 24.3 Å². The van der Waals surface area contributed by atoms with Crippen molar-refractivity contribution in [1.82, 2.24) is 4.90 Å². The number of hydrogen-bond donors (Lipinski definition) is 1. The zero-order valence-electron chi connectivity index (χ0n) is 11.3. The molecule has 0 aliphatic carbocycles. The molecule has 1 aliphatic rings. The number of nitrogens with zero attached hydrogens (tertiary/aromatic N) is 1. The fourth-order valence-electron chi connectivity index (χ4n) is 2.24. The van der Waals surface area contributed by atoms with Gasteiger partial charge in [0, 0.05) is 0 Å². The molecule has 0 aromatic heterocycles. The number of quaternary nitrogens is 1. The lowest BCUT2D eigenvalue weighted by Crippen LogP contribution is -2.81. The fourth-order valence-corrected chi connectivity index (χ4v) is 3.67. The lowest BCUT2D eigenvalue weighted by atomic mass is 10.2. The Labute approximate surface area is 117 Å². The van der Waals surface area contributed by atoms with Crippen molar-refractivity contribution in [3.63, 3.8) is 0 Å². The molecule has 5 heteroatoms. The highest BCUT2D eigenvalue weighted by molar-refractivity contribution is 8.01. The monoisotopic (exact) mass is 283 g/mol. The van der Waals surface area contributed by atoms with Gasteiger partial charge in [-0.1, -0.05) is 19.1 Å². The van der Waals surface area contributed by atoms with E-state index in [2.05, 4.69) is 5.32 Å². The Morgan fingerprint density at radius 2 is 2.05 bits per heavy atom. The Balaban J connectivity index is 2.20. The number of nitrogens with two attached hydrogens (primary N) is 1. The predicted molar refractivity (Wildman–Crippen MR) is 75.2 cm³/mol. The van der Waals surface area contributed by atoms with E-state index in [1.165, 1.54) is 12.1 Å². The summed E-state index contributed by atoms with van der Waals surface area (Å²) >= 11 is 1.68. The first-order chi connectivity index (χ1) is 9.17. The molecule has 1 aromatic carbocycles. The molecule has 1 saturated heterocycles. The van der Waals surface area contributed by atoms with Crippen LogP contribution in [0.2, 0.25) is 0 Å². The summed E-state index contributed by atoms with van der Waals surface area (Å²) in [6.07, 6.45) is 0.841. The van der Waals surface area contributed by atoms with Gasteiger partial charge in [-0.3, -0.25) is 4.79 Å². The van der Waals surface area contributed by atoms with Crippen molar-refractivity contribution in [3.8, 4) is 0 Å². The van der Waals surface area contributed by atoms with Crippen molar-refractivity contribution in [2.75, 3.05) is 20.1 Å². The van der Waals surface area contributed by atoms with E-state index < -0.39 is 0 Å². The molecule has 1 heterocycles. The van der Waals surface area contributed by atoms with E-state index in [0.29, 0.717) is 0 Å². The van der Waals surface area contributed by atoms with Gasteiger partial charge in [-0.15, -0.1) is 11.8 Å². The van der Waals surface area contributed by atoms with Gasteiger partial charge in [-0.25, -0.2) is 4.39 Å². The Morgan fingerprint density at radius 1 is 1.37 bits per heavy atom. The number of halogens is 1. The highest BCUT2D eigenvalue weighted by Crippen LogP contribution is 2.43. The van der Waals surface area contributed by atoms with Crippen LogP contribution in [0.25, 0.3) is 0 Å². The van der Waals surface area contributed by atoms with Gasteiger partial charge < -0.3 is 10.2 Å². The van der Waals surface area contributed by atoms with Crippen molar-refractivity contribution in [1.29, 1.82) is 0 Å². The molecule has 0 radical (unpaired) electrons. The molecule has 104 valence electrons. The van der Waals surface area contributed by atoms with Gasteiger partial charge >= 0.3 is 0 Å². The average Bonchev–Trinajstić information content (AvgIpc) is 2.74. The van der Waals surface area contributed by atoms with E-state index in [9.17, 15) is 9.18 Å². The summed E-state index contributed by atoms with van der Waals surface area (Å²) in [7, 11) is 2.00. The van der Waals surface area contributed by atoms with Gasteiger partial charge in [0.1, 0.15) is 11.2 Å². The second kappa shape index (κ2) is 6.39. The SMILES string of the molecule is CC[C@H]1S[C@@H](c2ccc(F)cc2)N(CC[NH2+]C)C1=O. The van der Waals surface area contributed by atoms with Gasteiger partial charge in [-0.2, -0.15) is 0 Å². The maximum atomic E-state index is 13.0. The summed E-state index contributed by atoms with van der Waals surface area (Å²) in [5.74, 6) is -0.0257. The summed E-state index contributed by atoms with van der Waals surface area (Å²) in [4.78, 5) is 14.2. The number of carbonyl (C=O) groups is 1. The number of benzene rings is 1. The first kappa shape index (κ1) is 14.3. The summed E-state index contributed by atoms with van der Waals surface area (Å²) in [5, 5.41) is 2.13. The zero-order chi connectivity index (χ0) is 13.8. The quantitative estimate of drug-likeness (QED) is 0.886. The third kappa shape index (κ3) is 3.09. The van der Waals surface area contributed by atoms with Crippen molar-refractivity contribution >= 4 is 17.7 Å². The first-order valence-electron chi connectivity index (χ1n) is 6.66. The normalized spacial score (nSPS) is 23.1. The topological polar surface area (TPSA) is 36.9 Å². The molecule has 2 atom stereocenters. The lowest BCUT2D eigenvalue weighted by Gasteiger charge is -2.23. The van der Waals surface area contributed by atoms with Crippen LogP contribution >= 0.6 is 11.8 Å². The molecular formula is C14H20FN2OS+. The second-order valence-corrected chi connectivity index (χ2v) is 5.95. The zero-order valence-corrected chi connectivity index (χ0v) is 12.1. The van der Waals surface area contributed by atoms with E-state index in [1.54, 1.807) is 23.9 Å². The predicted octanol–water partition coefficient (Wildman–Crippen LogP) is 1.37. The first-order valence-corrected chi connectivity index (χ1v) is 7.61. The molecule has 2 N–H and O–H groups in total. The van der Waals surface area contributed by atoms with Crippen LogP contribution in [0.5, 0.6) is 0 Å². The number of carbonyl (C=O) groups excluding carboxylic acids is 1. The molecule has 19 heavy (non-hydrogen) atoms. The third-order valence-corrected chi connectivity index (χ3v) is 4.97. The van der Waals surface area contributed by atoms with Crippen LogP contribution in [0, 0.1) is 5.82 Å². The summed E-state index contributed by atoms with van der Waals surface area (Å²) < 4.78 is 13.0. The third-order valence-electron chi connectivity index (χ3n) is 3.32. The van der Waals surface area contributed by atoms with Gasteiger partial charge in [0.25, 0.3) is 0 Å². The molecular weight excluding hydrogens is 263 g/mol. The lowest BCUT2D eigenvalue weighted by molar-refractivity contribution is -0.626. The molecule has 0 bridgehead atoms. The van der Waals surface area contributed by atoms with Gasteiger partial charge in [0.15, 0.2) is 0 Å². The van der Waals surface area contributed by atoms with E-state index in [-0.39, 0.29) is 22.3 Å². The largest absolute Gasteiger partial charge is 0.347 e. The van der Waals surface area contributed by atoms with Gasteiger partial charge in [0.2, 0.25) is 5.91 Å². The number of hydrogen-bond acceptors (Lipinski definition) is 2. The van der Waals surface area contributed by atoms with Crippen molar-refractivity contribution in [2.24, 2.45) is 0 Å². The van der Waals surface area contributed by atoms with Crippen LogP contribution in [0.3, 0.4) is 0 Å². The van der Waals surface area contributed by atoms with E-state index in [1.807, 2.05) is 18.9 Å². The number of rotatable bonds is 5. The Hall–Kier alpha value is -1.07. The maximum Gasteiger partial charge on any atom is 0.237 e. The van der Waals surface area contributed by atoms with E-state index in [4.69, 9.17) is 0 Å². The van der Waals surface area contributed by atoms with Crippen LogP contribution < -0.4 is 5.32 Å². The molecule has 1 amide bonds. The van der Waals surface area contributed by atoms with E-state index >= 15 is 0 Å². The van der Waals surface area contributed by atoms with Crippen molar-refractivity contribution < 1.29 is 14.5 Å². The number of likely N-dealkylation sites (N-methyl/N-ethyl adjacent to an activating group) is 1. The standard InChI is InChI=1S/C14H19FN2OS/c1-3-12-13(18)17(9-8-16-2)14(19-12)10-4-6-11(15)7-5-10/h4-7,12,14,16H,3,8-9H2,1-2H3/p+1/t12-,14+/m1/s1. The summed E-state index contributed by atoms with van der Waals surface area (Å²) in [6, 6.07) is 6.48. The molecule has 1 aromatic rings. The molecule has 0 spiro atoms. The van der Waals surface area contributed by atoms with Crippen molar-refractivity contribution in [3.05, 3.63) is 35.6 Å². The van der Waals surface area contributed by atoms with Gasteiger partial charge in [-0.05, 0) is 24.1 Å². The van der Waals surface area contributed by atoms with Crippen LogP contribution in [0.15, 0.2) is 24.3 Å². The Kier molecular flexibility index (Phi) is 4.82. The van der Waals surface area contributed by atoms with Crippen LogP contribution in [-0.2, 0) is 4.79 Å². The summed E-state index contributed by atoms with van der Waals surface area (Å²) in [5.41, 5.74) is 1.01. The minimum Gasteiger partial charge on any atom is -0.347 e. The Morgan fingerprint density at radius 3 is 2.63 bits per heavy atom. The number of thioether (sulfide) groups is 1. The van der Waals surface area contributed by atoms with Gasteiger partial charge in [0.05, 0.1) is 25.4 Å². The highest BCUT2D eigenvalue weighted by atomic mass is 32.2. The van der Waals surface area contributed by atoms with Crippen LogP contribution in [0.4, 0.5) is 4.39 Å². The minimum absolute atomic E-state index is 0.0259. The maximum absolute atomic E-state index is 13.0. The smallest absolute Gasteiger partial charge is 0.237 e. The van der Waals surface area contributed by atoms with E-state index in [0.717, 1.165) is 25.1 Å². The second-order valence-electron chi connectivity index (χ2n) is 4.67. The molecule has 0 unspecified atom stereocenters. The fraction of sp³-hybridized carbons (Fsp3) is 0.500. The van der Waals surface area contributed by atoms with Crippen LogP contribution in [-0.4, -0.2) is 36.2 Å². The molecule has 2 rings (SSSR count). The Bertz CT molecular complexity index is 438. The molecule has 1 aliphatic heterocycles. The molecule has 1 fully saturated rings. The molecule has 0 saturated carbocycles. The highest BCUT2D eigenvalue weighted by Gasteiger charge is 2.39.